The predicted octanol–water partition coefficient (Wildman–Crippen LogP) is 3.31. The summed E-state index contributed by atoms with van der Waals surface area (Å²) in [7, 11) is 3.20. The minimum Gasteiger partial charge on any atom is -0.493 e. The molecule has 0 unspecified atom stereocenters. The van der Waals surface area contributed by atoms with E-state index in [0.29, 0.717) is 29.6 Å². The maximum atomic E-state index is 13.3. The molecule has 0 N–H and O–H groups in total. The van der Waals surface area contributed by atoms with Crippen LogP contribution in [0.15, 0.2) is 18.2 Å². The van der Waals surface area contributed by atoms with Gasteiger partial charge in [0.1, 0.15) is 11.4 Å². The molecule has 7 heteroatoms. The molecule has 0 radical (unpaired) electrons. The van der Waals surface area contributed by atoms with Crippen molar-refractivity contribution in [3.63, 3.8) is 0 Å². The molecule has 1 aromatic rings. The van der Waals surface area contributed by atoms with Crippen LogP contribution in [0.3, 0.4) is 0 Å². The zero-order valence-electron chi connectivity index (χ0n) is 17.1. The van der Waals surface area contributed by atoms with Crippen molar-refractivity contribution in [1.82, 2.24) is 9.80 Å². The van der Waals surface area contributed by atoms with Gasteiger partial charge in [-0.3, -0.25) is 9.59 Å². The molecule has 6 nitrogen and oxygen atoms in total. The molecule has 2 heterocycles. The highest BCUT2D eigenvalue weighted by molar-refractivity contribution is 8.00. The smallest absolute Gasteiger partial charge is 0.245 e. The van der Waals surface area contributed by atoms with E-state index >= 15 is 0 Å². The van der Waals surface area contributed by atoms with Crippen LogP contribution >= 0.6 is 11.8 Å². The van der Waals surface area contributed by atoms with Crippen LogP contribution in [0.2, 0.25) is 0 Å². The zero-order chi connectivity index (χ0) is 20.3. The Morgan fingerprint density at radius 3 is 2.46 bits per heavy atom. The van der Waals surface area contributed by atoms with Crippen molar-refractivity contribution in [2.45, 2.75) is 44.5 Å². The van der Waals surface area contributed by atoms with Gasteiger partial charge in [0.15, 0.2) is 11.5 Å². The van der Waals surface area contributed by atoms with Crippen LogP contribution in [0.1, 0.15) is 44.0 Å². The lowest BCUT2D eigenvalue weighted by molar-refractivity contribution is -0.144. The first kappa shape index (κ1) is 20.8. The largest absolute Gasteiger partial charge is 0.493 e. The maximum absolute atomic E-state index is 13.3. The van der Waals surface area contributed by atoms with E-state index in [1.807, 2.05) is 28.0 Å². The molecule has 154 valence electrons. The number of rotatable bonds is 7. The molecular formula is C21H30N2O4S. The quantitative estimate of drug-likeness (QED) is 0.695. The Morgan fingerprint density at radius 2 is 1.86 bits per heavy atom. The zero-order valence-corrected chi connectivity index (χ0v) is 18.0. The number of carbonyl (C=O) groups excluding carboxylic acids is 2. The fraction of sp³-hybridized carbons (Fsp3) is 0.619. The van der Waals surface area contributed by atoms with Gasteiger partial charge in [0.05, 0.1) is 20.0 Å². The summed E-state index contributed by atoms with van der Waals surface area (Å²) >= 11 is 1.57. The highest BCUT2D eigenvalue weighted by atomic mass is 32.2. The summed E-state index contributed by atoms with van der Waals surface area (Å²) in [6.45, 7) is 5.79. The van der Waals surface area contributed by atoms with Gasteiger partial charge < -0.3 is 19.3 Å². The number of benzene rings is 1. The van der Waals surface area contributed by atoms with Gasteiger partial charge in [-0.25, -0.2) is 0 Å². The third-order valence-corrected chi connectivity index (χ3v) is 6.56. The SMILES string of the molecule is COc1ccc([C@H]2SCC(=O)N2[C@@H](CC(C)C)C(=O)N2CCCC2)cc1OC. The van der Waals surface area contributed by atoms with Crippen molar-refractivity contribution in [2.75, 3.05) is 33.1 Å². The van der Waals surface area contributed by atoms with Crippen molar-refractivity contribution in [1.29, 1.82) is 0 Å². The first-order chi connectivity index (χ1) is 13.5. The number of likely N-dealkylation sites (tertiary alicyclic amines) is 1. The van der Waals surface area contributed by atoms with Crippen LogP contribution < -0.4 is 9.47 Å². The van der Waals surface area contributed by atoms with E-state index in [4.69, 9.17) is 9.47 Å². The average molecular weight is 407 g/mol. The van der Waals surface area contributed by atoms with Gasteiger partial charge in [-0.1, -0.05) is 19.9 Å². The van der Waals surface area contributed by atoms with Crippen LogP contribution in [0.5, 0.6) is 11.5 Å². The molecule has 1 aromatic carbocycles. The van der Waals surface area contributed by atoms with Crippen LogP contribution in [-0.2, 0) is 9.59 Å². The first-order valence-electron chi connectivity index (χ1n) is 9.89. The number of hydrogen-bond acceptors (Lipinski definition) is 5. The average Bonchev–Trinajstić information content (AvgIpc) is 3.35. The number of methoxy groups -OCH3 is 2. The van der Waals surface area contributed by atoms with Gasteiger partial charge in [-0.15, -0.1) is 11.8 Å². The van der Waals surface area contributed by atoms with E-state index in [2.05, 4.69) is 13.8 Å². The van der Waals surface area contributed by atoms with Gasteiger partial charge in [-0.05, 0) is 42.9 Å². The molecule has 2 aliphatic rings. The van der Waals surface area contributed by atoms with Gasteiger partial charge >= 0.3 is 0 Å². The summed E-state index contributed by atoms with van der Waals surface area (Å²) < 4.78 is 10.8. The van der Waals surface area contributed by atoms with E-state index < -0.39 is 6.04 Å². The monoisotopic (exact) mass is 406 g/mol. The van der Waals surface area contributed by atoms with Gasteiger partial charge in [-0.2, -0.15) is 0 Å². The van der Waals surface area contributed by atoms with E-state index in [1.165, 1.54) is 0 Å². The van der Waals surface area contributed by atoms with E-state index in [9.17, 15) is 9.59 Å². The van der Waals surface area contributed by atoms with Gasteiger partial charge in [0.2, 0.25) is 11.8 Å². The number of carbonyl (C=O) groups is 2. The number of ether oxygens (including phenoxy) is 2. The summed E-state index contributed by atoms with van der Waals surface area (Å²) in [6, 6.07) is 5.31. The van der Waals surface area contributed by atoms with Gasteiger partial charge in [0, 0.05) is 13.1 Å². The number of nitrogens with zero attached hydrogens (tertiary/aromatic N) is 2. The summed E-state index contributed by atoms with van der Waals surface area (Å²) in [6.07, 6.45) is 2.76. The molecule has 0 saturated carbocycles. The molecule has 0 bridgehead atoms. The topological polar surface area (TPSA) is 59.1 Å². The van der Waals surface area contributed by atoms with Crippen LogP contribution in [0, 0.1) is 5.92 Å². The minimum atomic E-state index is -0.418. The van der Waals surface area contributed by atoms with E-state index in [-0.39, 0.29) is 17.2 Å². The molecule has 2 atom stereocenters. The standard InChI is InChI=1S/C21H30N2O4S/c1-14(2)11-16(20(25)22-9-5-6-10-22)23-19(24)13-28-21(23)15-7-8-17(26-3)18(12-15)27-4/h7-8,12,14,16,21H,5-6,9-11,13H2,1-4H3/t16-,21+/m0/s1. The third-order valence-electron chi connectivity index (χ3n) is 5.33. The Morgan fingerprint density at radius 1 is 1.18 bits per heavy atom. The Bertz CT molecular complexity index is 718. The summed E-state index contributed by atoms with van der Waals surface area (Å²) in [5.74, 6) is 2.11. The van der Waals surface area contributed by atoms with Crippen molar-refractivity contribution in [3.8, 4) is 11.5 Å². The Hall–Kier alpha value is -1.89. The Kier molecular flexibility index (Phi) is 6.75. The molecule has 28 heavy (non-hydrogen) atoms. The summed E-state index contributed by atoms with van der Waals surface area (Å²) in [5.41, 5.74) is 0.955. The molecule has 2 saturated heterocycles. The van der Waals surface area contributed by atoms with Crippen LogP contribution in [0.4, 0.5) is 0 Å². The predicted molar refractivity (Wildman–Crippen MR) is 111 cm³/mol. The molecule has 3 rings (SSSR count). The second-order valence-electron chi connectivity index (χ2n) is 7.76. The first-order valence-corrected chi connectivity index (χ1v) is 10.9. The Balaban J connectivity index is 1.93. The summed E-state index contributed by atoms with van der Waals surface area (Å²) in [4.78, 5) is 29.9. The van der Waals surface area contributed by atoms with Crippen molar-refractivity contribution < 1.29 is 19.1 Å². The molecule has 2 fully saturated rings. The number of amides is 2. The summed E-state index contributed by atoms with van der Waals surface area (Å²) in [5, 5.41) is -0.192. The fourth-order valence-corrected chi connectivity index (χ4v) is 5.18. The number of hydrogen-bond donors (Lipinski definition) is 0. The highest BCUT2D eigenvalue weighted by Gasteiger charge is 2.42. The molecule has 2 amide bonds. The van der Waals surface area contributed by atoms with Crippen molar-refractivity contribution >= 4 is 23.6 Å². The third kappa shape index (κ3) is 4.24. The number of thioether (sulfide) groups is 1. The van der Waals surface area contributed by atoms with Crippen molar-refractivity contribution in [3.05, 3.63) is 23.8 Å². The molecule has 2 aliphatic heterocycles. The molecule has 0 aliphatic carbocycles. The molecule has 0 spiro atoms. The Labute approximate surface area is 171 Å². The second-order valence-corrected chi connectivity index (χ2v) is 8.83. The lowest BCUT2D eigenvalue weighted by atomic mass is 10.00. The maximum Gasteiger partial charge on any atom is 0.245 e. The molecular weight excluding hydrogens is 376 g/mol. The second kappa shape index (κ2) is 9.07. The fourth-order valence-electron chi connectivity index (χ4n) is 3.96. The molecule has 0 aromatic heterocycles. The van der Waals surface area contributed by atoms with E-state index in [0.717, 1.165) is 31.5 Å². The van der Waals surface area contributed by atoms with E-state index in [1.54, 1.807) is 26.0 Å². The van der Waals surface area contributed by atoms with Crippen molar-refractivity contribution in [2.24, 2.45) is 5.92 Å². The lowest BCUT2D eigenvalue weighted by Gasteiger charge is -2.35. The lowest BCUT2D eigenvalue weighted by Crippen LogP contribution is -2.50. The highest BCUT2D eigenvalue weighted by Crippen LogP contribution is 2.43. The normalized spacial score (nSPS) is 20.8. The minimum absolute atomic E-state index is 0.0305. The van der Waals surface area contributed by atoms with Crippen LogP contribution in [0.25, 0.3) is 0 Å². The van der Waals surface area contributed by atoms with Crippen LogP contribution in [-0.4, -0.2) is 60.7 Å². The van der Waals surface area contributed by atoms with Gasteiger partial charge in [0.25, 0.3) is 0 Å².